The topological polar surface area (TPSA) is 46.4 Å². The van der Waals surface area contributed by atoms with Crippen molar-refractivity contribution in [2.24, 2.45) is 0 Å². The summed E-state index contributed by atoms with van der Waals surface area (Å²) in [5, 5.41) is 2.46. The maximum atomic E-state index is 13.7. The number of hydrogen-bond donors (Lipinski definition) is 1. The smallest absolute Gasteiger partial charge is 0.258 e. The highest BCUT2D eigenvalue weighted by atomic mass is 19.2. The predicted molar refractivity (Wildman–Crippen MR) is 99.6 cm³/mol. The maximum absolute atomic E-state index is 13.7. The van der Waals surface area contributed by atoms with Crippen LogP contribution >= 0.6 is 0 Å². The Balaban J connectivity index is 1.56. The van der Waals surface area contributed by atoms with Crippen LogP contribution in [0.3, 0.4) is 0 Å². The molecule has 0 saturated heterocycles. The number of nitrogens with one attached hydrogen (secondary N) is 1. The Bertz CT molecular complexity index is 1200. The number of carbonyl (C=O) groups is 1. The average molecular weight is 381 g/mol. The van der Waals surface area contributed by atoms with Crippen molar-refractivity contribution in [1.82, 2.24) is 9.38 Å². The van der Waals surface area contributed by atoms with E-state index in [0.29, 0.717) is 11.8 Å². The number of pyridine rings is 1. The standard InChI is InChI=1S/C21H14F3N3O/c1-12-8-9-27-11-17(26-18(27)10-12)13-2-4-14(5-3-13)25-21(28)15-6-7-16(22)20(24)19(15)23/h2-11H,1H3,(H,25,28). The third-order valence-electron chi connectivity index (χ3n) is 4.33. The monoisotopic (exact) mass is 381 g/mol. The van der Waals surface area contributed by atoms with Gasteiger partial charge in [-0.15, -0.1) is 0 Å². The van der Waals surface area contributed by atoms with Gasteiger partial charge in [0.25, 0.3) is 5.91 Å². The fourth-order valence-electron chi connectivity index (χ4n) is 2.85. The molecule has 7 heteroatoms. The molecule has 1 amide bonds. The van der Waals surface area contributed by atoms with Crippen molar-refractivity contribution in [2.45, 2.75) is 6.92 Å². The summed E-state index contributed by atoms with van der Waals surface area (Å²) in [5.74, 6) is -5.41. The van der Waals surface area contributed by atoms with Crippen molar-refractivity contribution in [3.05, 3.63) is 89.5 Å². The first-order valence-electron chi connectivity index (χ1n) is 8.43. The Hall–Kier alpha value is -3.61. The molecule has 2 aromatic heterocycles. The van der Waals surface area contributed by atoms with E-state index in [4.69, 9.17) is 0 Å². The van der Waals surface area contributed by atoms with Gasteiger partial charge in [0.1, 0.15) is 5.65 Å². The molecule has 0 atom stereocenters. The van der Waals surface area contributed by atoms with Crippen LogP contribution in [0.1, 0.15) is 15.9 Å². The summed E-state index contributed by atoms with van der Waals surface area (Å²) in [4.78, 5) is 16.7. The van der Waals surface area contributed by atoms with Crippen LogP contribution in [0.15, 0.2) is 60.9 Å². The van der Waals surface area contributed by atoms with Crippen LogP contribution in [0.4, 0.5) is 18.9 Å². The Morgan fingerprint density at radius 2 is 1.75 bits per heavy atom. The molecule has 0 spiro atoms. The van der Waals surface area contributed by atoms with Crippen molar-refractivity contribution in [2.75, 3.05) is 5.32 Å². The maximum Gasteiger partial charge on any atom is 0.258 e. The van der Waals surface area contributed by atoms with E-state index < -0.39 is 28.9 Å². The highest BCUT2D eigenvalue weighted by Crippen LogP contribution is 2.23. The SMILES string of the molecule is Cc1ccn2cc(-c3ccc(NC(=O)c4ccc(F)c(F)c4F)cc3)nc2c1. The summed E-state index contributed by atoms with van der Waals surface area (Å²) >= 11 is 0. The van der Waals surface area contributed by atoms with Gasteiger partial charge in [0.15, 0.2) is 17.5 Å². The lowest BCUT2D eigenvalue weighted by Crippen LogP contribution is -2.15. The number of rotatable bonds is 3. The van der Waals surface area contributed by atoms with Gasteiger partial charge in [-0.2, -0.15) is 0 Å². The lowest BCUT2D eigenvalue weighted by atomic mass is 10.1. The number of benzene rings is 2. The molecule has 4 nitrogen and oxygen atoms in total. The number of hydrogen-bond acceptors (Lipinski definition) is 2. The predicted octanol–water partition coefficient (Wildman–Crippen LogP) is 4.98. The van der Waals surface area contributed by atoms with E-state index in [2.05, 4.69) is 10.3 Å². The van der Waals surface area contributed by atoms with Gasteiger partial charge in [-0.1, -0.05) is 12.1 Å². The van der Waals surface area contributed by atoms with E-state index >= 15 is 0 Å². The molecule has 0 radical (unpaired) electrons. The van der Waals surface area contributed by atoms with E-state index in [1.807, 2.05) is 35.9 Å². The van der Waals surface area contributed by atoms with Crippen LogP contribution in [0, 0.1) is 24.4 Å². The third-order valence-corrected chi connectivity index (χ3v) is 4.33. The van der Waals surface area contributed by atoms with Crippen LogP contribution in [-0.4, -0.2) is 15.3 Å². The zero-order valence-corrected chi connectivity index (χ0v) is 14.7. The minimum absolute atomic E-state index is 0.387. The number of nitrogens with zero attached hydrogens (tertiary/aromatic N) is 2. The van der Waals surface area contributed by atoms with E-state index in [1.165, 1.54) is 0 Å². The highest BCUT2D eigenvalue weighted by Gasteiger charge is 2.19. The number of imidazole rings is 1. The quantitative estimate of drug-likeness (QED) is 0.509. The van der Waals surface area contributed by atoms with Crippen LogP contribution in [0.2, 0.25) is 0 Å². The molecule has 0 bridgehead atoms. The number of halogens is 3. The second kappa shape index (κ2) is 6.84. The average Bonchev–Trinajstić information content (AvgIpc) is 3.10. The molecule has 2 aromatic carbocycles. The molecule has 0 aliphatic carbocycles. The molecule has 0 aliphatic rings. The van der Waals surface area contributed by atoms with Gasteiger partial charge in [-0.25, -0.2) is 18.2 Å². The molecular weight excluding hydrogens is 367 g/mol. The molecule has 140 valence electrons. The van der Waals surface area contributed by atoms with Crippen molar-refractivity contribution in [3.63, 3.8) is 0 Å². The lowest BCUT2D eigenvalue weighted by molar-refractivity contribution is 0.102. The summed E-state index contributed by atoms with van der Waals surface area (Å²) in [5.41, 5.74) is 3.33. The third kappa shape index (κ3) is 3.22. The number of carbonyl (C=O) groups excluding carboxylic acids is 1. The normalized spacial score (nSPS) is 11.0. The van der Waals surface area contributed by atoms with Gasteiger partial charge in [0.05, 0.1) is 11.3 Å². The van der Waals surface area contributed by atoms with Gasteiger partial charge >= 0.3 is 0 Å². The second-order valence-electron chi connectivity index (χ2n) is 6.35. The molecule has 4 rings (SSSR count). The van der Waals surface area contributed by atoms with Gasteiger partial charge in [0, 0.05) is 23.6 Å². The van der Waals surface area contributed by atoms with Crippen LogP contribution in [0.25, 0.3) is 16.9 Å². The van der Waals surface area contributed by atoms with E-state index in [1.54, 1.807) is 24.3 Å². The van der Waals surface area contributed by atoms with Crippen molar-refractivity contribution in [3.8, 4) is 11.3 Å². The number of fused-ring (bicyclic) bond motifs is 1. The lowest BCUT2D eigenvalue weighted by Gasteiger charge is -2.07. The summed E-state index contributed by atoms with van der Waals surface area (Å²) < 4.78 is 42.0. The number of aromatic nitrogens is 2. The minimum Gasteiger partial charge on any atom is -0.322 e. The zero-order valence-electron chi connectivity index (χ0n) is 14.7. The largest absolute Gasteiger partial charge is 0.322 e. The van der Waals surface area contributed by atoms with Crippen molar-refractivity contribution < 1.29 is 18.0 Å². The van der Waals surface area contributed by atoms with E-state index in [9.17, 15) is 18.0 Å². The molecule has 2 heterocycles. The van der Waals surface area contributed by atoms with E-state index in [-0.39, 0.29) is 0 Å². The highest BCUT2D eigenvalue weighted by molar-refractivity contribution is 6.04. The summed E-state index contributed by atoms with van der Waals surface area (Å²) in [6, 6.07) is 12.3. The molecular formula is C21H14F3N3O. The van der Waals surface area contributed by atoms with Gasteiger partial charge < -0.3 is 9.72 Å². The second-order valence-corrected chi connectivity index (χ2v) is 6.35. The van der Waals surface area contributed by atoms with Gasteiger partial charge in [0.2, 0.25) is 0 Å². The summed E-state index contributed by atoms with van der Waals surface area (Å²) in [6.45, 7) is 1.99. The van der Waals surface area contributed by atoms with Crippen LogP contribution in [-0.2, 0) is 0 Å². The first-order chi connectivity index (χ1) is 13.4. The zero-order chi connectivity index (χ0) is 19.8. The molecule has 0 unspecified atom stereocenters. The first kappa shape index (κ1) is 17.8. The van der Waals surface area contributed by atoms with Crippen LogP contribution in [0.5, 0.6) is 0 Å². The summed E-state index contributed by atoms with van der Waals surface area (Å²) in [7, 11) is 0. The number of amides is 1. The van der Waals surface area contributed by atoms with Crippen molar-refractivity contribution in [1.29, 1.82) is 0 Å². The Labute approximate surface area is 158 Å². The minimum atomic E-state index is -1.68. The Morgan fingerprint density at radius 3 is 2.50 bits per heavy atom. The van der Waals surface area contributed by atoms with Gasteiger partial charge in [-0.05, 0) is 48.9 Å². The molecule has 28 heavy (non-hydrogen) atoms. The summed E-state index contributed by atoms with van der Waals surface area (Å²) in [6.07, 6.45) is 3.81. The van der Waals surface area contributed by atoms with E-state index in [0.717, 1.165) is 28.5 Å². The van der Waals surface area contributed by atoms with Gasteiger partial charge in [-0.3, -0.25) is 4.79 Å². The fraction of sp³-hybridized carbons (Fsp3) is 0.0476. The Kier molecular flexibility index (Phi) is 4.35. The number of aryl methyl sites for hydroxylation is 1. The molecule has 4 aromatic rings. The molecule has 0 aliphatic heterocycles. The number of anilines is 1. The molecule has 0 fully saturated rings. The fourth-order valence-corrected chi connectivity index (χ4v) is 2.85. The Morgan fingerprint density at radius 1 is 1.00 bits per heavy atom. The van der Waals surface area contributed by atoms with Crippen molar-refractivity contribution >= 4 is 17.2 Å². The molecule has 1 N–H and O–H groups in total. The first-order valence-corrected chi connectivity index (χ1v) is 8.43. The molecule has 0 saturated carbocycles. The van der Waals surface area contributed by atoms with Crippen LogP contribution < -0.4 is 5.32 Å².